The standard InChI is InChI=1S/C18H22N4O2/c19-16-7-4-8-20-18(16)22-10-9-21(13-15(22)11-17(23)24)12-14-5-2-1-3-6-14/h1-8,15H,9-13,19H2,(H,23,24). The molecule has 1 aromatic carbocycles. The molecule has 3 N–H and O–H groups in total. The molecule has 0 spiro atoms. The van der Waals surface area contributed by atoms with Crippen LogP contribution in [0, 0.1) is 0 Å². The third-order valence-electron chi connectivity index (χ3n) is 4.32. The fourth-order valence-electron chi connectivity index (χ4n) is 3.21. The molecule has 6 heteroatoms. The Hall–Kier alpha value is -2.60. The molecule has 1 atom stereocenters. The molecule has 0 aliphatic carbocycles. The molecule has 3 rings (SSSR count). The molecule has 126 valence electrons. The van der Waals surface area contributed by atoms with Crippen molar-refractivity contribution in [1.29, 1.82) is 0 Å². The smallest absolute Gasteiger partial charge is 0.305 e. The van der Waals surface area contributed by atoms with Gasteiger partial charge in [0.2, 0.25) is 0 Å². The van der Waals surface area contributed by atoms with Crippen LogP contribution in [-0.4, -0.2) is 46.6 Å². The van der Waals surface area contributed by atoms with Gasteiger partial charge >= 0.3 is 5.97 Å². The normalized spacial score (nSPS) is 18.5. The number of nitrogens with zero attached hydrogens (tertiary/aromatic N) is 3. The van der Waals surface area contributed by atoms with Crippen molar-refractivity contribution in [2.24, 2.45) is 0 Å². The van der Waals surface area contributed by atoms with Gasteiger partial charge in [-0.3, -0.25) is 9.69 Å². The van der Waals surface area contributed by atoms with Crippen molar-refractivity contribution in [3.05, 3.63) is 54.2 Å². The van der Waals surface area contributed by atoms with E-state index in [0.29, 0.717) is 24.6 Å². The molecule has 0 saturated carbocycles. The maximum atomic E-state index is 11.3. The highest BCUT2D eigenvalue weighted by Gasteiger charge is 2.30. The number of rotatable bonds is 5. The molecule has 0 radical (unpaired) electrons. The van der Waals surface area contributed by atoms with Crippen LogP contribution in [0.15, 0.2) is 48.7 Å². The number of carboxylic acids is 1. The molecule has 1 aliphatic rings. The molecule has 0 bridgehead atoms. The third kappa shape index (κ3) is 3.83. The minimum absolute atomic E-state index is 0.0707. The monoisotopic (exact) mass is 326 g/mol. The summed E-state index contributed by atoms with van der Waals surface area (Å²) in [5.74, 6) is -0.121. The summed E-state index contributed by atoms with van der Waals surface area (Å²) in [4.78, 5) is 20.0. The molecule has 2 aromatic rings. The van der Waals surface area contributed by atoms with Crippen molar-refractivity contribution in [1.82, 2.24) is 9.88 Å². The van der Waals surface area contributed by atoms with Gasteiger partial charge in [-0.1, -0.05) is 30.3 Å². The van der Waals surface area contributed by atoms with E-state index in [1.54, 1.807) is 18.3 Å². The average Bonchev–Trinajstić information content (AvgIpc) is 2.56. The molecule has 1 aromatic heterocycles. The van der Waals surface area contributed by atoms with Crippen LogP contribution in [-0.2, 0) is 11.3 Å². The zero-order chi connectivity index (χ0) is 16.9. The lowest BCUT2D eigenvalue weighted by Gasteiger charge is -2.42. The van der Waals surface area contributed by atoms with Crippen molar-refractivity contribution in [2.75, 3.05) is 30.3 Å². The first-order chi connectivity index (χ1) is 11.6. The number of aliphatic carboxylic acids is 1. The summed E-state index contributed by atoms with van der Waals surface area (Å²) in [7, 11) is 0. The second-order valence-electron chi connectivity index (χ2n) is 6.08. The first-order valence-electron chi connectivity index (χ1n) is 8.08. The Bertz CT molecular complexity index is 692. The van der Waals surface area contributed by atoms with Gasteiger partial charge in [0.25, 0.3) is 0 Å². The van der Waals surface area contributed by atoms with Gasteiger partial charge in [-0.2, -0.15) is 0 Å². The first kappa shape index (κ1) is 16.3. The van der Waals surface area contributed by atoms with E-state index in [9.17, 15) is 9.90 Å². The number of hydrogen-bond donors (Lipinski definition) is 2. The molecule has 1 saturated heterocycles. The lowest BCUT2D eigenvalue weighted by molar-refractivity contribution is -0.137. The van der Waals surface area contributed by atoms with Crippen molar-refractivity contribution in [3.8, 4) is 0 Å². The summed E-state index contributed by atoms with van der Waals surface area (Å²) in [6, 6.07) is 13.7. The number of pyridine rings is 1. The Kier molecular flexibility index (Phi) is 4.96. The molecule has 2 heterocycles. The second kappa shape index (κ2) is 7.31. The summed E-state index contributed by atoms with van der Waals surface area (Å²) in [6.45, 7) is 3.06. The minimum Gasteiger partial charge on any atom is -0.481 e. The minimum atomic E-state index is -0.805. The molecule has 1 unspecified atom stereocenters. The van der Waals surface area contributed by atoms with Gasteiger partial charge in [0.15, 0.2) is 5.82 Å². The van der Waals surface area contributed by atoms with Crippen LogP contribution in [0.1, 0.15) is 12.0 Å². The highest BCUT2D eigenvalue weighted by atomic mass is 16.4. The quantitative estimate of drug-likeness (QED) is 0.872. The van der Waals surface area contributed by atoms with Gasteiger partial charge in [-0.25, -0.2) is 4.98 Å². The van der Waals surface area contributed by atoms with E-state index in [1.807, 2.05) is 23.1 Å². The van der Waals surface area contributed by atoms with Crippen LogP contribution in [0.2, 0.25) is 0 Å². The Labute approximate surface area is 141 Å². The Morgan fingerprint density at radius 1 is 1.21 bits per heavy atom. The first-order valence-corrected chi connectivity index (χ1v) is 8.08. The molecule has 24 heavy (non-hydrogen) atoms. The maximum Gasteiger partial charge on any atom is 0.305 e. The summed E-state index contributed by atoms with van der Waals surface area (Å²) < 4.78 is 0. The van der Waals surface area contributed by atoms with Crippen LogP contribution in [0.25, 0.3) is 0 Å². The number of nitrogen functional groups attached to an aromatic ring is 1. The topological polar surface area (TPSA) is 82.7 Å². The van der Waals surface area contributed by atoms with Gasteiger partial charge in [0.05, 0.1) is 18.2 Å². The second-order valence-corrected chi connectivity index (χ2v) is 6.08. The Morgan fingerprint density at radius 2 is 2.00 bits per heavy atom. The number of hydrogen-bond acceptors (Lipinski definition) is 5. The highest BCUT2D eigenvalue weighted by Crippen LogP contribution is 2.26. The van der Waals surface area contributed by atoms with Crippen molar-refractivity contribution < 1.29 is 9.90 Å². The maximum absolute atomic E-state index is 11.3. The largest absolute Gasteiger partial charge is 0.481 e. The number of benzene rings is 1. The van der Waals surface area contributed by atoms with Crippen LogP contribution in [0.3, 0.4) is 0 Å². The van der Waals surface area contributed by atoms with Crippen LogP contribution < -0.4 is 10.6 Å². The number of nitrogens with two attached hydrogens (primary N) is 1. The summed E-state index contributed by atoms with van der Waals surface area (Å²) in [5.41, 5.74) is 7.86. The fourth-order valence-corrected chi connectivity index (χ4v) is 3.21. The molecule has 1 aliphatic heterocycles. The van der Waals surface area contributed by atoms with Gasteiger partial charge in [0, 0.05) is 32.4 Å². The zero-order valence-corrected chi connectivity index (χ0v) is 13.5. The van der Waals surface area contributed by atoms with Gasteiger partial charge in [-0.15, -0.1) is 0 Å². The van der Waals surface area contributed by atoms with E-state index in [1.165, 1.54) is 5.56 Å². The third-order valence-corrected chi connectivity index (χ3v) is 4.32. The Morgan fingerprint density at radius 3 is 2.71 bits per heavy atom. The van der Waals surface area contributed by atoms with Crippen molar-refractivity contribution in [3.63, 3.8) is 0 Å². The number of carboxylic acid groups (broad SMARTS) is 1. The number of carbonyl (C=O) groups is 1. The molecular weight excluding hydrogens is 304 g/mol. The van der Waals surface area contributed by atoms with Crippen LogP contribution >= 0.6 is 0 Å². The predicted octanol–water partition coefficient (Wildman–Crippen LogP) is 1.83. The van der Waals surface area contributed by atoms with E-state index in [-0.39, 0.29) is 12.5 Å². The number of aromatic nitrogens is 1. The SMILES string of the molecule is Nc1cccnc1N1CCN(Cc2ccccc2)CC1CC(=O)O. The van der Waals surface area contributed by atoms with E-state index < -0.39 is 5.97 Å². The van der Waals surface area contributed by atoms with Crippen LogP contribution in [0.5, 0.6) is 0 Å². The molecule has 6 nitrogen and oxygen atoms in total. The van der Waals surface area contributed by atoms with E-state index in [2.05, 4.69) is 22.0 Å². The van der Waals surface area contributed by atoms with Crippen molar-refractivity contribution >= 4 is 17.5 Å². The summed E-state index contributed by atoms with van der Waals surface area (Å²) in [5, 5.41) is 9.28. The fraction of sp³-hybridized carbons (Fsp3) is 0.333. The van der Waals surface area contributed by atoms with E-state index >= 15 is 0 Å². The van der Waals surface area contributed by atoms with Crippen LogP contribution in [0.4, 0.5) is 11.5 Å². The van der Waals surface area contributed by atoms with E-state index in [0.717, 1.165) is 13.1 Å². The Balaban J connectivity index is 1.76. The number of anilines is 2. The lowest BCUT2D eigenvalue weighted by atomic mass is 10.1. The molecule has 1 fully saturated rings. The number of piperazine rings is 1. The summed E-state index contributed by atoms with van der Waals surface area (Å²) >= 11 is 0. The lowest BCUT2D eigenvalue weighted by Crippen LogP contribution is -2.54. The zero-order valence-electron chi connectivity index (χ0n) is 13.5. The highest BCUT2D eigenvalue weighted by molar-refractivity contribution is 5.70. The molecule has 0 amide bonds. The summed E-state index contributed by atoms with van der Waals surface area (Å²) in [6.07, 6.45) is 1.77. The van der Waals surface area contributed by atoms with Gasteiger partial charge < -0.3 is 15.7 Å². The molecular formula is C18H22N4O2. The van der Waals surface area contributed by atoms with Gasteiger partial charge in [0.1, 0.15) is 0 Å². The average molecular weight is 326 g/mol. The predicted molar refractivity (Wildman–Crippen MR) is 93.8 cm³/mol. The van der Waals surface area contributed by atoms with Crippen molar-refractivity contribution in [2.45, 2.75) is 19.0 Å². The van der Waals surface area contributed by atoms with E-state index in [4.69, 9.17) is 5.73 Å². The van der Waals surface area contributed by atoms with Gasteiger partial charge in [-0.05, 0) is 17.7 Å².